The van der Waals surface area contributed by atoms with Crippen LogP contribution in [0.3, 0.4) is 0 Å². The molecule has 3 aromatic rings. The standard InChI is InChI=1S/C20H25N5O2/c1-13(2)11-27-12-14(3)22-20(26)19-15(4)25(24-23-19)18-9-5-8-17-16(18)7-6-10-21-17/h5-10,13-14H,11-12H2,1-4H3,(H,22,26). The molecule has 142 valence electrons. The summed E-state index contributed by atoms with van der Waals surface area (Å²) in [5.74, 6) is 0.211. The molecule has 1 atom stereocenters. The number of nitrogens with one attached hydrogen (secondary N) is 1. The maximum atomic E-state index is 12.6. The molecule has 0 bridgehead atoms. The van der Waals surface area contributed by atoms with Crippen molar-refractivity contribution in [1.82, 2.24) is 25.3 Å². The zero-order valence-electron chi connectivity index (χ0n) is 16.1. The first-order valence-corrected chi connectivity index (χ1v) is 9.12. The third-order valence-corrected chi connectivity index (χ3v) is 4.16. The molecule has 7 nitrogen and oxygen atoms in total. The van der Waals surface area contributed by atoms with Gasteiger partial charge in [-0.3, -0.25) is 9.78 Å². The van der Waals surface area contributed by atoms with E-state index in [1.54, 1.807) is 10.9 Å². The van der Waals surface area contributed by atoms with Crippen LogP contribution in [-0.4, -0.2) is 45.1 Å². The van der Waals surface area contributed by atoms with E-state index in [0.717, 1.165) is 16.6 Å². The number of rotatable bonds is 7. The number of amides is 1. The highest BCUT2D eigenvalue weighted by molar-refractivity contribution is 5.94. The maximum Gasteiger partial charge on any atom is 0.274 e. The van der Waals surface area contributed by atoms with Crippen LogP contribution in [-0.2, 0) is 4.74 Å². The Bertz CT molecular complexity index is 930. The summed E-state index contributed by atoms with van der Waals surface area (Å²) in [6.45, 7) is 9.07. The first-order chi connectivity index (χ1) is 13.0. The Balaban J connectivity index is 1.78. The van der Waals surface area contributed by atoms with Gasteiger partial charge in [0.2, 0.25) is 0 Å². The number of carbonyl (C=O) groups is 1. The monoisotopic (exact) mass is 367 g/mol. The van der Waals surface area contributed by atoms with Crippen molar-refractivity contribution in [3.05, 3.63) is 47.9 Å². The van der Waals surface area contributed by atoms with Gasteiger partial charge in [0.1, 0.15) is 0 Å². The molecule has 0 saturated carbocycles. The van der Waals surface area contributed by atoms with Gasteiger partial charge in [-0.05, 0) is 44.0 Å². The topological polar surface area (TPSA) is 81.9 Å². The lowest BCUT2D eigenvalue weighted by Crippen LogP contribution is -2.36. The van der Waals surface area contributed by atoms with E-state index in [2.05, 4.69) is 34.5 Å². The Kier molecular flexibility index (Phi) is 5.81. The van der Waals surface area contributed by atoms with E-state index in [9.17, 15) is 4.79 Å². The molecule has 27 heavy (non-hydrogen) atoms. The average Bonchev–Trinajstić information content (AvgIpc) is 3.02. The van der Waals surface area contributed by atoms with Crippen LogP contribution in [0.5, 0.6) is 0 Å². The summed E-state index contributed by atoms with van der Waals surface area (Å²) in [6, 6.07) is 9.55. The summed E-state index contributed by atoms with van der Waals surface area (Å²) in [5, 5.41) is 12.2. The van der Waals surface area contributed by atoms with Gasteiger partial charge in [0.25, 0.3) is 5.91 Å². The van der Waals surface area contributed by atoms with E-state index in [4.69, 9.17) is 4.74 Å². The van der Waals surface area contributed by atoms with Crippen molar-refractivity contribution in [3.63, 3.8) is 0 Å². The van der Waals surface area contributed by atoms with Gasteiger partial charge in [0.05, 0.1) is 23.5 Å². The van der Waals surface area contributed by atoms with Crippen LogP contribution in [0, 0.1) is 12.8 Å². The zero-order valence-corrected chi connectivity index (χ0v) is 16.1. The second-order valence-electron chi connectivity index (χ2n) is 7.09. The number of aromatic nitrogens is 4. The summed E-state index contributed by atoms with van der Waals surface area (Å²) in [5.41, 5.74) is 2.70. The number of fused-ring (bicyclic) bond motifs is 1. The van der Waals surface area contributed by atoms with Crippen LogP contribution in [0.25, 0.3) is 16.6 Å². The van der Waals surface area contributed by atoms with Gasteiger partial charge in [-0.15, -0.1) is 5.10 Å². The molecule has 1 N–H and O–H groups in total. The van der Waals surface area contributed by atoms with E-state index in [1.807, 2.05) is 44.2 Å². The van der Waals surface area contributed by atoms with E-state index >= 15 is 0 Å². The Hall–Kier alpha value is -2.80. The molecule has 0 aliphatic heterocycles. The highest BCUT2D eigenvalue weighted by Crippen LogP contribution is 2.21. The lowest BCUT2D eigenvalue weighted by molar-refractivity contribution is 0.0788. The molecule has 1 aromatic carbocycles. The van der Waals surface area contributed by atoms with Crippen molar-refractivity contribution in [3.8, 4) is 5.69 Å². The molecule has 0 spiro atoms. The van der Waals surface area contributed by atoms with Crippen molar-refractivity contribution in [2.24, 2.45) is 5.92 Å². The zero-order chi connectivity index (χ0) is 19.4. The predicted molar refractivity (Wildman–Crippen MR) is 104 cm³/mol. The van der Waals surface area contributed by atoms with Gasteiger partial charge in [-0.1, -0.05) is 25.1 Å². The van der Waals surface area contributed by atoms with E-state index in [0.29, 0.717) is 30.5 Å². The maximum absolute atomic E-state index is 12.6. The lowest BCUT2D eigenvalue weighted by Gasteiger charge is -2.14. The summed E-state index contributed by atoms with van der Waals surface area (Å²) in [4.78, 5) is 17.0. The molecule has 0 aliphatic rings. The average molecular weight is 367 g/mol. The number of nitrogens with zero attached hydrogens (tertiary/aromatic N) is 4. The highest BCUT2D eigenvalue weighted by atomic mass is 16.5. The molecule has 1 unspecified atom stereocenters. The van der Waals surface area contributed by atoms with E-state index in [-0.39, 0.29) is 11.9 Å². The third kappa shape index (κ3) is 4.31. The van der Waals surface area contributed by atoms with Crippen molar-refractivity contribution < 1.29 is 9.53 Å². The molecule has 1 amide bonds. The Labute approximate surface area is 158 Å². The number of hydrogen-bond donors (Lipinski definition) is 1. The van der Waals surface area contributed by atoms with Crippen molar-refractivity contribution in [1.29, 1.82) is 0 Å². The van der Waals surface area contributed by atoms with Gasteiger partial charge in [-0.25, -0.2) is 4.68 Å². The number of pyridine rings is 1. The van der Waals surface area contributed by atoms with Gasteiger partial charge < -0.3 is 10.1 Å². The molecule has 3 rings (SSSR count). The van der Waals surface area contributed by atoms with Gasteiger partial charge >= 0.3 is 0 Å². The summed E-state index contributed by atoms with van der Waals surface area (Å²) in [6.07, 6.45) is 1.75. The Morgan fingerprint density at radius 1 is 1.19 bits per heavy atom. The number of hydrogen-bond acceptors (Lipinski definition) is 5. The minimum atomic E-state index is -0.252. The molecule has 7 heteroatoms. The second-order valence-corrected chi connectivity index (χ2v) is 7.09. The minimum Gasteiger partial charge on any atom is -0.379 e. The number of carbonyl (C=O) groups excluding carboxylic acids is 1. The Morgan fingerprint density at radius 3 is 2.78 bits per heavy atom. The van der Waals surface area contributed by atoms with Crippen LogP contribution in [0.4, 0.5) is 0 Å². The first-order valence-electron chi connectivity index (χ1n) is 9.12. The third-order valence-electron chi connectivity index (χ3n) is 4.16. The summed E-state index contributed by atoms with van der Waals surface area (Å²) < 4.78 is 7.26. The SMILES string of the molecule is Cc1c(C(=O)NC(C)COCC(C)C)nnn1-c1cccc2ncccc12. The van der Waals surface area contributed by atoms with Crippen LogP contribution in [0.1, 0.15) is 37.0 Å². The normalized spacial score (nSPS) is 12.5. The van der Waals surface area contributed by atoms with Crippen molar-refractivity contribution >= 4 is 16.8 Å². The summed E-state index contributed by atoms with van der Waals surface area (Å²) in [7, 11) is 0. The lowest BCUT2D eigenvalue weighted by atomic mass is 10.2. The molecular formula is C20H25N5O2. The molecular weight excluding hydrogens is 342 g/mol. The fourth-order valence-electron chi connectivity index (χ4n) is 2.85. The fraction of sp³-hybridized carbons (Fsp3) is 0.400. The molecule has 0 radical (unpaired) electrons. The van der Waals surface area contributed by atoms with Crippen LogP contribution < -0.4 is 5.32 Å². The van der Waals surface area contributed by atoms with Crippen LogP contribution >= 0.6 is 0 Å². The van der Waals surface area contributed by atoms with E-state index in [1.165, 1.54) is 0 Å². The molecule has 0 saturated heterocycles. The van der Waals surface area contributed by atoms with Gasteiger partial charge in [-0.2, -0.15) is 0 Å². The molecule has 0 aliphatic carbocycles. The molecule has 2 aromatic heterocycles. The second kappa shape index (κ2) is 8.26. The van der Waals surface area contributed by atoms with Crippen LogP contribution in [0.15, 0.2) is 36.5 Å². The highest BCUT2D eigenvalue weighted by Gasteiger charge is 2.20. The van der Waals surface area contributed by atoms with Gasteiger partial charge in [0, 0.05) is 24.2 Å². The van der Waals surface area contributed by atoms with Crippen LogP contribution in [0.2, 0.25) is 0 Å². The minimum absolute atomic E-state index is 0.109. The first kappa shape index (κ1) is 19.0. The van der Waals surface area contributed by atoms with Crippen molar-refractivity contribution in [2.75, 3.05) is 13.2 Å². The smallest absolute Gasteiger partial charge is 0.274 e. The Morgan fingerprint density at radius 2 is 2.00 bits per heavy atom. The van der Waals surface area contributed by atoms with E-state index < -0.39 is 0 Å². The molecule has 2 heterocycles. The number of benzene rings is 1. The largest absolute Gasteiger partial charge is 0.379 e. The predicted octanol–water partition coefficient (Wildman–Crippen LogP) is 2.91. The fourth-order valence-corrected chi connectivity index (χ4v) is 2.85. The summed E-state index contributed by atoms with van der Waals surface area (Å²) >= 11 is 0. The molecule has 0 fully saturated rings. The van der Waals surface area contributed by atoms with Crippen molar-refractivity contribution in [2.45, 2.75) is 33.7 Å². The quantitative estimate of drug-likeness (QED) is 0.694. The number of ether oxygens (including phenoxy) is 1. The van der Waals surface area contributed by atoms with Gasteiger partial charge in [0.15, 0.2) is 5.69 Å².